The van der Waals surface area contributed by atoms with E-state index in [-0.39, 0.29) is 22.1 Å². The molecule has 0 bridgehead atoms. The molecule has 1 atom stereocenters. The summed E-state index contributed by atoms with van der Waals surface area (Å²) in [7, 11) is -2.49. The van der Waals surface area contributed by atoms with Crippen molar-refractivity contribution in [3.05, 3.63) is 36.2 Å². The van der Waals surface area contributed by atoms with E-state index >= 15 is 0 Å². The summed E-state index contributed by atoms with van der Waals surface area (Å²) in [6.45, 7) is 4.12. The minimum atomic E-state index is -3.86. The molecule has 0 fully saturated rings. The van der Waals surface area contributed by atoms with Crippen LogP contribution in [-0.2, 0) is 16.6 Å². The fraction of sp³-hybridized carbons (Fsp3) is 0.400. The van der Waals surface area contributed by atoms with Gasteiger partial charge in [-0.1, -0.05) is 19.1 Å². The summed E-state index contributed by atoms with van der Waals surface area (Å²) in [6, 6.07) is 3.55. The molecule has 0 aliphatic rings. The number of rotatable bonds is 8. The highest BCUT2D eigenvalue weighted by Gasteiger charge is 2.24. The molecule has 1 aromatic heterocycles. The van der Waals surface area contributed by atoms with Gasteiger partial charge in [-0.3, -0.25) is 9.48 Å². The third-order valence-electron chi connectivity index (χ3n) is 3.71. The lowest BCUT2D eigenvalue weighted by atomic mass is 10.1. The summed E-state index contributed by atoms with van der Waals surface area (Å²) in [4.78, 5) is 11.4. The second-order valence-electron chi connectivity index (χ2n) is 5.82. The summed E-state index contributed by atoms with van der Waals surface area (Å²) in [5.41, 5.74) is 5.29. The zero-order valence-corrected chi connectivity index (χ0v) is 15.0. The number of methoxy groups -OCH3 is 1. The van der Waals surface area contributed by atoms with Crippen molar-refractivity contribution < 1.29 is 17.9 Å². The number of hydrogen-bond donors (Lipinski definition) is 2. The smallest absolute Gasteiger partial charge is 0.252 e. The Labute approximate surface area is 146 Å². The normalized spacial score (nSPS) is 13.0. The van der Waals surface area contributed by atoms with Gasteiger partial charge in [0.05, 0.1) is 30.3 Å². The molecule has 9 nitrogen and oxygen atoms in total. The Balaban J connectivity index is 2.30. The van der Waals surface area contributed by atoms with Crippen LogP contribution in [0, 0.1) is 5.92 Å². The average Bonchev–Trinajstić information content (AvgIpc) is 3.06. The van der Waals surface area contributed by atoms with Crippen LogP contribution < -0.4 is 15.2 Å². The molecular weight excluding hydrogens is 346 g/mol. The fourth-order valence-electron chi connectivity index (χ4n) is 2.23. The predicted octanol–water partition coefficient (Wildman–Crippen LogP) is 0.389. The first kappa shape index (κ1) is 18.9. The van der Waals surface area contributed by atoms with Crippen molar-refractivity contribution in [2.24, 2.45) is 11.7 Å². The lowest BCUT2D eigenvalue weighted by Crippen LogP contribution is -2.41. The van der Waals surface area contributed by atoms with Crippen LogP contribution in [0.25, 0.3) is 0 Å². The zero-order valence-electron chi connectivity index (χ0n) is 14.2. The van der Waals surface area contributed by atoms with Crippen LogP contribution in [0.15, 0.2) is 35.5 Å². The molecule has 0 saturated heterocycles. The number of carbonyl (C=O) groups excluding carboxylic acids is 1. The van der Waals surface area contributed by atoms with Gasteiger partial charge in [0.2, 0.25) is 10.0 Å². The highest BCUT2D eigenvalue weighted by atomic mass is 32.2. The third-order valence-corrected chi connectivity index (χ3v) is 5.20. The quantitative estimate of drug-likeness (QED) is 0.694. The Kier molecular flexibility index (Phi) is 5.75. The van der Waals surface area contributed by atoms with Crippen LogP contribution in [0.5, 0.6) is 5.75 Å². The monoisotopic (exact) mass is 367 g/mol. The molecule has 10 heteroatoms. The van der Waals surface area contributed by atoms with Crippen LogP contribution in [0.1, 0.15) is 24.2 Å². The number of carbonyl (C=O) groups is 1. The minimum Gasteiger partial charge on any atom is -0.496 e. The van der Waals surface area contributed by atoms with Gasteiger partial charge < -0.3 is 10.5 Å². The van der Waals surface area contributed by atoms with E-state index in [1.807, 2.05) is 13.8 Å². The summed E-state index contributed by atoms with van der Waals surface area (Å²) >= 11 is 0. The first-order valence-corrected chi connectivity index (χ1v) is 9.07. The average molecular weight is 367 g/mol. The number of primary amides is 1. The largest absolute Gasteiger partial charge is 0.496 e. The molecule has 1 aromatic carbocycles. The van der Waals surface area contributed by atoms with Crippen LogP contribution in [0.2, 0.25) is 0 Å². The summed E-state index contributed by atoms with van der Waals surface area (Å²) in [6.07, 6.45) is 3.18. The molecule has 0 spiro atoms. The van der Waals surface area contributed by atoms with E-state index < -0.39 is 22.0 Å². The fourth-order valence-corrected chi connectivity index (χ4v) is 3.63. The number of hydrogen-bond acceptors (Lipinski definition) is 6. The van der Waals surface area contributed by atoms with E-state index in [9.17, 15) is 13.2 Å². The number of amides is 1. The molecule has 1 heterocycles. The van der Waals surface area contributed by atoms with Gasteiger partial charge in [-0.2, -0.15) is 0 Å². The van der Waals surface area contributed by atoms with E-state index in [2.05, 4.69) is 15.0 Å². The summed E-state index contributed by atoms with van der Waals surface area (Å²) in [5.74, 6) is -0.542. The molecule has 136 valence electrons. The van der Waals surface area contributed by atoms with Gasteiger partial charge in [-0.25, -0.2) is 13.1 Å². The van der Waals surface area contributed by atoms with Gasteiger partial charge in [0.25, 0.3) is 5.91 Å². The number of nitrogens with one attached hydrogen (secondary N) is 1. The molecule has 0 unspecified atom stereocenters. The molecule has 25 heavy (non-hydrogen) atoms. The molecule has 2 aromatic rings. The number of nitrogens with two attached hydrogens (primary N) is 1. The van der Waals surface area contributed by atoms with Crippen molar-refractivity contribution in [3.63, 3.8) is 0 Å². The number of ether oxygens (including phenoxy) is 1. The van der Waals surface area contributed by atoms with Gasteiger partial charge >= 0.3 is 0 Å². The first-order valence-electron chi connectivity index (χ1n) is 7.59. The van der Waals surface area contributed by atoms with Crippen LogP contribution >= 0.6 is 0 Å². The Morgan fingerprint density at radius 3 is 2.64 bits per heavy atom. The molecule has 0 saturated carbocycles. The van der Waals surface area contributed by atoms with Gasteiger partial charge in [0.15, 0.2) is 0 Å². The van der Waals surface area contributed by atoms with Crippen molar-refractivity contribution in [2.45, 2.75) is 31.3 Å². The Hall–Kier alpha value is -2.46. The molecule has 0 aliphatic carbocycles. The lowest BCUT2D eigenvalue weighted by molar-refractivity contribution is 0.0997. The van der Waals surface area contributed by atoms with Crippen molar-refractivity contribution >= 4 is 15.9 Å². The van der Waals surface area contributed by atoms with E-state index in [0.29, 0.717) is 6.54 Å². The highest BCUT2D eigenvalue weighted by Crippen LogP contribution is 2.22. The van der Waals surface area contributed by atoms with Crippen LogP contribution in [-0.4, -0.2) is 42.5 Å². The van der Waals surface area contributed by atoms with Gasteiger partial charge in [-0.15, -0.1) is 5.10 Å². The Morgan fingerprint density at radius 1 is 1.40 bits per heavy atom. The number of nitrogens with zero attached hydrogens (tertiary/aromatic N) is 3. The van der Waals surface area contributed by atoms with Crippen LogP contribution in [0.4, 0.5) is 0 Å². The third kappa shape index (κ3) is 4.54. The zero-order chi connectivity index (χ0) is 18.6. The Morgan fingerprint density at radius 2 is 2.12 bits per heavy atom. The van der Waals surface area contributed by atoms with E-state index in [0.717, 1.165) is 0 Å². The molecule has 0 radical (unpaired) electrons. The number of sulfonamides is 1. The molecule has 3 N–H and O–H groups in total. The standard InChI is InChI=1S/C15H21N5O4S/c1-10(2)13(9-20-7-6-17-19-20)18-25(22,23)11-4-5-14(24-3)12(8-11)15(16)21/h4-8,10,13,18H,9H2,1-3H3,(H2,16,21)/t13-/m0/s1. The lowest BCUT2D eigenvalue weighted by Gasteiger charge is -2.22. The maximum atomic E-state index is 12.7. The Bertz CT molecular complexity index is 834. The molecule has 2 rings (SSSR count). The van der Waals surface area contributed by atoms with E-state index in [4.69, 9.17) is 10.5 Å². The summed E-state index contributed by atoms with van der Waals surface area (Å²) < 4.78 is 34.6. The maximum absolute atomic E-state index is 12.7. The second kappa shape index (κ2) is 7.62. The first-order chi connectivity index (χ1) is 11.7. The second-order valence-corrected chi connectivity index (χ2v) is 7.54. The van der Waals surface area contributed by atoms with Crippen molar-refractivity contribution in [2.75, 3.05) is 7.11 Å². The van der Waals surface area contributed by atoms with Gasteiger partial charge in [0, 0.05) is 12.2 Å². The van der Waals surface area contributed by atoms with Gasteiger partial charge in [0.1, 0.15) is 5.75 Å². The van der Waals surface area contributed by atoms with E-state index in [1.165, 1.54) is 31.5 Å². The van der Waals surface area contributed by atoms with Gasteiger partial charge in [-0.05, 0) is 24.1 Å². The summed E-state index contributed by atoms with van der Waals surface area (Å²) in [5, 5.41) is 7.57. The number of aromatic nitrogens is 3. The highest BCUT2D eigenvalue weighted by molar-refractivity contribution is 7.89. The SMILES string of the molecule is COc1ccc(S(=O)(=O)N[C@@H](Cn2ccnn2)C(C)C)cc1C(N)=O. The molecular formula is C15H21N5O4S. The number of benzene rings is 1. The van der Waals surface area contributed by atoms with Crippen molar-refractivity contribution in [1.82, 2.24) is 19.7 Å². The van der Waals surface area contributed by atoms with E-state index in [1.54, 1.807) is 10.9 Å². The maximum Gasteiger partial charge on any atom is 0.252 e. The van der Waals surface area contributed by atoms with Crippen LogP contribution in [0.3, 0.4) is 0 Å². The minimum absolute atomic E-state index is 0.00254. The van der Waals surface area contributed by atoms with Crippen molar-refractivity contribution in [3.8, 4) is 5.75 Å². The van der Waals surface area contributed by atoms with Crippen molar-refractivity contribution in [1.29, 1.82) is 0 Å². The molecule has 0 aliphatic heterocycles. The topological polar surface area (TPSA) is 129 Å². The predicted molar refractivity (Wildman–Crippen MR) is 90.5 cm³/mol. The molecule has 1 amide bonds.